The van der Waals surface area contributed by atoms with Crippen LogP contribution in [-0.4, -0.2) is 49.9 Å². The van der Waals surface area contributed by atoms with Crippen LogP contribution in [0.2, 0.25) is 0 Å². The molecular formula is C17H15F3N2O7S. The number of methoxy groups -OCH3 is 2. The van der Waals surface area contributed by atoms with Crippen LogP contribution in [0.25, 0.3) is 0 Å². The average molecular weight is 448 g/mol. The Hall–Kier alpha value is -3.35. The first kappa shape index (κ1) is 22.9. The molecule has 0 fully saturated rings. The molecule has 0 saturated heterocycles. The molecule has 2 aromatic heterocycles. The second kappa shape index (κ2) is 9.43. The molecule has 0 unspecified atom stereocenters. The topological polar surface area (TPSA) is 127 Å². The van der Waals surface area contributed by atoms with Gasteiger partial charge in [-0.25, -0.2) is 19.4 Å². The maximum absolute atomic E-state index is 12.2. The van der Waals surface area contributed by atoms with Crippen molar-refractivity contribution in [3.8, 4) is 5.88 Å². The fourth-order valence-electron chi connectivity index (χ4n) is 2.17. The van der Waals surface area contributed by atoms with E-state index < -0.39 is 37.3 Å². The highest BCUT2D eigenvalue weighted by Gasteiger charge is 2.29. The predicted octanol–water partition coefficient (Wildman–Crippen LogP) is 2.60. The van der Waals surface area contributed by atoms with Crippen molar-refractivity contribution < 1.29 is 46.5 Å². The Morgan fingerprint density at radius 3 is 2.30 bits per heavy atom. The molecule has 30 heavy (non-hydrogen) atoms. The fourth-order valence-corrected chi connectivity index (χ4v) is 3.15. The van der Waals surface area contributed by atoms with Crippen molar-refractivity contribution in [3.63, 3.8) is 0 Å². The molecule has 0 spiro atoms. The summed E-state index contributed by atoms with van der Waals surface area (Å²) >= 11 is 0.765. The Bertz CT molecular complexity index is 942. The third-order valence-electron chi connectivity index (χ3n) is 3.50. The zero-order chi connectivity index (χ0) is 22.5. The number of ether oxygens (including phenoxy) is 4. The number of nitrogens with two attached hydrogens (primary N) is 1. The van der Waals surface area contributed by atoms with Gasteiger partial charge in [0, 0.05) is 17.8 Å². The molecule has 0 aliphatic rings. The zero-order valence-electron chi connectivity index (χ0n) is 15.6. The molecule has 13 heteroatoms. The number of halogens is 3. The fraction of sp³-hybridized carbons (Fsp3) is 0.294. The molecule has 2 heterocycles. The Balaban J connectivity index is 2.15. The number of nitrogens with zero attached hydrogens (tertiary/aromatic N) is 1. The van der Waals surface area contributed by atoms with Crippen molar-refractivity contribution in [2.24, 2.45) is 0 Å². The first-order valence-corrected chi connectivity index (χ1v) is 8.79. The number of hydrogen-bond acceptors (Lipinski definition) is 10. The van der Waals surface area contributed by atoms with Crippen LogP contribution in [0.3, 0.4) is 0 Å². The lowest BCUT2D eigenvalue weighted by Crippen LogP contribution is -2.19. The normalized spacial score (nSPS) is 11.0. The van der Waals surface area contributed by atoms with Gasteiger partial charge in [-0.2, -0.15) is 13.2 Å². The molecule has 0 aliphatic heterocycles. The molecule has 0 radical (unpaired) electrons. The van der Waals surface area contributed by atoms with Crippen molar-refractivity contribution in [3.05, 3.63) is 39.9 Å². The maximum atomic E-state index is 12.2. The summed E-state index contributed by atoms with van der Waals surface area (Å²) in [5.74, 6) is -2.88. The molecule has 0 amide bonds. The Labute approximate surface area is 171 Å². The number of carbonyl (C=O) groups is 3. The van der Waals surface area contributed by atoms with Crippen molar-refractivity contribution in [1.82, 2.24) is 4.98 Å². The number of rotatable bonds is 7. The summed E-state index contributed by atoms with van der Waals surface area (Å²) in [6.07, 6.45) is -3.57. The van der Waals surface area contributed by atoms with E-state index in [1.54, 1.807) is 0 Å². The molecule has 0 aromatic carbocycles. The smallest absolute Gasteiger partial charge is 0.422 e. The van der Waals surface area contributed by atoms with Gasteiger partial charge in [-0.15, -0.1) is 11.3 Å². The standard InChI is InChI=1S/C17H15F3N2O7S/c1-26-15(24)11-9(12(16(25)27-2)30-13(11)21)6-28-14(23)8-3-4-10(22-5-8)29-7-17(18,19)20/h3-5H,6-7,21H2,1-2H3. The Morgan fingerprint density at radius 2 is 1.77 bits per heavy atom. The molecule has 0 atom stereocenters. The minimum Gasteiger partial charge on any atom is -0.468 e. The number of esters is 3. The Morgan fingerprint density at radius 1 is 1.10 bits per heavy atom. The second-order valence-electron chi connectivity index (χ2n) is 5.50. The van der Waals surface area contributed by atoms with E-state index in [-0.39, 0.29) is 32.4 Å². The van der Waals surface area contributed by atoms with Gasteiger partial charge in [0.15, 0.2) is 6.61 Å². The molecule has 162 valence electrons. The zero-order valence-corrected chi connectivity index (χ0v) is 16.4. The highest BCUT2D eigenvalue weighted by atomic mass is 32.1. The number of hydrogen-bond donors (Lipinski definition) is 1. The van der Waals surface area contributed by atoms with Gasteiger partial charge in [-0.05, 0) is 6.07 Å². The van der Waals surface area contributed by atoms with Gasteiger partial charge in [-0.3, -0.25) is 0 Å². The van der Waals surface area contributed by atoms with Crippen LogP contribution in [0.5, 0.6) is 5.88 Å². The maximum Gasteiger partial charge on any atom is 0.422 e. The first-order chi connectivity index (χ1) is 14.1. The van der Waals surface area contributed by atoms with Gasteiger partial charge < -0.3 is 24.7 Å². The summed E-state index contributed by atoms with van der Waals surface area (Å²) in [4.78, 5) is 39.7. The van der Waals surface area contributed by atoms with Gasteiger partial charge in [-0.1, -0.05) is 0 Å². The van der Waals surface area contributed by atoms with Crippen LogP contribution in [-0.2, 0) is 20.8 Å². The summed E-state index contributed by atoms with van der Waals surface area (Å²) < 4.78 is 55.2. The largest absolute Gasteiger partial charge is 0.468 e. The van der Waals surface area contributed by atoms with Crippen LogP contribution in [0.15, 0.2) is 18.3 Å². The van der Waals surface area contributed by atoms with Crippen molar-refractivity contribution in [2.75, 3.05) is 26.6 Å². The third-order valence-corrected chi connectivity index (χ3v) is 4.54. The highest BCUT2D eigenvalue weighted by molar-refractivity contribution is 7.18. The van der Waals surface area contributed by atoms with Crippen molar-refractivity contribution in [1.29, 1.82) is 0 Å². The van der Waals surface area contributed by atoms with E-state index in [4.69, 9.17) is 10.5 Å². The average Bonchev–Trinajstić information content (AvgIpc) is 3.05. The first-order valence-electron chi connectivity index (χ1n) is 7.97. The van der Waals surface area contributed by atoms with E-state index in [0.717, 1.165) is 43.9 Å². The third kappa shape index (κ3) is 5.59. The molecule has 2 aromatic rings. The number of anilines is 1. The second-order valence-corrected chi connectivity index (χ2v) is 6.55. The number of nitrogen functional groups attached to an aromatic ring is 1. The van der Waals surface area contributed by atoms with E-state index in [0.29, 0.717) is 0 Å². The molecule has 2 rings (SSSR count). The number of thiophene rings is 1. The van der Waals surface area contributed by atoms with E-state index in [2.05, 4.69) is 19.2 Å². The van der Waals surface area contributed by atoms with Gasteiger partial charge in [0.05, 0.1) is 19.8 Å². The summed E-state index contributed by atoms with van der Waals surface area (Å²) in [6.45, 7) is -2.05. The van der Waals surface area contributed by atoms with Gasteiger partial charge >= 0.3 is 24.1 Å². The minimum atomic E-state index is -4.53. The van der Waals surface area contributed by atoms with Crippen LogP contribution >= 0.6 is 11.3 Å². The number of carbonyl (C=O) groups excluding carboxylic acids is 3. The lowest BCUT2D eigenvalue weighted by Gasteiger charge is -2.09. The van der Waals surface area contributed by atoms with Crippen LogP contribution < -0.4 is 10.5 Å². The van der Waals surface area contributed by atoms with E-state index in [1.807, 2.05) is 0 Å². The van der Waals surface area contributed by atoms with Crippen molar-refractivity contribution in [2.45, 2.75) is 12.8 Å². The molecule has 0 saturated carbocycles. The number of alkyl halides is 3. The summed E-state index contributed by atoms with van der Waals surface area (Å²) in [5.41, 5.74) is 5.54. The lowest BCUT2D eigenvalue weighted by atomic mass is 10.1. The van der Waals surface area contributed by atoms with E-state index >= 15 is 0 Å². The van der Waals surface area contributed by atoms with Crippen LogP contribution in [0, 0.1) is 0 Å². The molecule has 0 aliphatic carbocycles. The van der Waals surface area contributed by atoms with Crippen molar-refractivity contribution >= 4 is 34.2 Å². The Kier molecular flexibility index (Phi) is 7.21. The number of pyridine rings is 1. The molecular weight excluding hydrogens is 433 g/mol. The van der Waals surface area contributed by atoms with E-state index in [9.17, 15) is 27.6 Å². The predicted molar refractivity (Wildman–Crippen MR) is 96.3 cm³/mol. The highest BCUT2D eigenvalue weighted by Crippen LogP contribution is 2.33. The van der Waals surface area contributed by atoms with Gasteiger partial charge in [0.25, 0.3) is 0 Å². The molecule has 9 nitrogen and oxygen atoms in total. The molecule has 2 N–H and O–H groups in total. The van der Waals surface area contributed by atoms with Gasteiger partial charge in [0.2, 0.25) is 5.88 Å². The van der Waals surface area contributed by atoms with E-state index in [1.165, 1.54) is 0 Å². The summed E-state index contributed by atoms with van der Waals surface area (Å²) in [6, 6.07) is 2.20. The van der Waals surface area contributed by atoms with Crippen LogP contribution in [0.4, 0.5) is 18.2 Å². The minimum absolute atomic E-state index is 0.00244. The number of aromatic nitrogens is 1. The molecule has 0 bridgehead atoms. The summed E-state index contributed by atoms with van der Waals surface area (Å²) in [5, 5.41) is -0.0267. The quantitative estimate of drug-likeness (QED) is 0.502. The van der Waals surface area contributed by atoms with Crippen LogP contribution in [0.1, 0.15) is 36.0 Å². The van der Waals surface area contributed by atoms with Gasteiger partial charge in [0.1, 0.15) is 22.0 Å². The lowest BCUT2D eigenvalue weighted by molar-refractivity contribution is -0.154. The monoisotopic (exact) mass is 448 g/mol. The summed E-state index contributed by atoms with van der Waals surface area (Å²) in [7, 11) is 2.24. The SMILES string of the molecule is COC(=O)c1sc(N)c(C(=O)OC)c1COC(=O)c1ccc(OCC(F)(F)F)nc1.